The van der Waals surface area contributed by atoms with E-state index in [2.05, 4.69) is 49.4 Å². The topological polar surface area (TPSA) is 107 Å². The maximum Gasteiger partial charge on any atom is 0.323 e. The summed E-state index contributed by atoms with van der Waals surface area (Å²) in [7, 11) is 3.25. The third-order valence-electron chi connectivity index (χ3n) is 6.73. The van der Waals surface area contributed by atoms with E-state index in [4.69, 9.17) is 23.9 Å². The predicted molar refractivity (Wildman–Crippen MR) is 162 cm³/mol. The van der Waals surface area contributed by atoms with Gasteiger partial charge in [0.15, 0.2) is 11.5 Å². The van der Waals surface area contributed by atoms with Crippen molar-refractivity contribution in [1.82, 2.24) is 19.9 Å². The molecule has 6 rings (SSSR count). The summed E-state index contributed by atoms with van der Waals surface area (Å²) in [6.45, 7) is 7.05. The van der Waals surface area contributed by atoms with Crippen LogP contribution >= 0.6 is 0 Å². The minimum absolute atomic E-state index is 0.266. The fourth-order valence-electron chi connectivity index (χ4n) is 4.72. The minimum Gasteiger partial charge on any atom is -0.493 e. The first kappa shape index (κ1) is 28.0. The molecule has 0 bridgehead atoms. The molecule has 1 saturated heterocycles. The van der Waals surface area contributed by atoms with Crippen LogP contribution in [0.5, 0.6) is 17.5 Å². The molecule has 0 saturated carbocycles. The Kier molecular flexibility index (Phi) is 9.00. The highest BCUT2D eigenvalue weighted by Crippen LogP contribution is 2.30. The smallest absolute Gasteiger partial charge is 0.323 e. The number of rotatable bonds is 9. The molecule has 0 radical (unpaired) electrons. The van der Waals surface area contributed by atoms with Gasteiger partial charge in [0.05, 0.1) is 34.0 Å². The van der Waals surface area contributed by atoms with E-state index >= 15 is 0 Å². The Morgan fingerprint density at radius 1 is 0.854 bits per heavy atom. The fraction of sp³-hybridized carbons (Fsp3) is 0.323. The average molecular weight is 557 g/mol. The summed E-state index contributed by atoms with van der Waals surface area (Å²) in [5.74, 6) is 2.36. The first-order valence-corrected chi connectivity index (χ1v) is 13.9. The van der Waals surface area contributed by atoms with Crippen LogP contribution in [0.3, 0.4) is 0 Å². The van der Waals surface area contributed by atoms with Crippen molar-refractivity contribution in [2.75, 3.05) is 57.3 Å². The quantitative estimate of drug-likeness (QED) is 0.235. The zero-order valence-electron chi connectivity index (χ0n) is 23.9. The zero-order valence-corrected chi connectivity index (χ0v) is 23.9. The first-order valence-electron chi connectivity index (χ1n) is 13.9. The number of hydrogen-bond donors (Lipinski definition) is 2. The van der Waals surface area contributed by atoms with Gasteiger partial charge in [0.2, 0.25) is 11.9 Å². The maximum absolute atomic E-state index is 6.03. The van der Waals surface area contributed by atoms with Gasteiger partial charge in [0, 0.05) is 47.0 Å². The SMILES string of the molecule is CC.COc1ccc(CCOc2nc(Nc3ccc4[nH]c5ccccc5c4c3)nc(N3CCOCC3)n2)cc1OC. The molecule has 214 valence electrons. The van der Waals surface area contributed by atoms with Gasteiger partial charge in [-0.1, -0.05) is 38.1 Å². The number of methoxy groups -OCH3 is 2. The van der Waals surface area contributed by atoms with E-state index in [9.17, 15) is 0 Å². The Morgan fingerprint density at radius 2 is 1.63 bits per heavy atom. The van der Waals surface area contributed by atoms with Crippen molar-refractivity contribution in [3.8, 4) is 17.5 Å². The average Bonchev–Trinajstić information content (AvgIpc) is 3.40. The molecule has 0 spiro atoms. The van der Waals surface area contributed by atoms with Gasteiger partial charge >= 0.3 is 6.01 Å². The van der Waals surface area contributed by atoms with Gasteiger partial charge in [-0.05, 0) is 42.0 Å². The van der Waals surface area contributed by atoms with Crippen LogP contribution in [-0.2, 0) is 11.2 Å². The molecule has 5 aromatic rings. The molecule has 0 unspecified atom stereocenters. The number of nitrogens with one attached hydrogen (secondary N) is 2. The normalized spacial score (nSPS) is 13.0. The summed E-state index contributed by atoms with van der Waals surface area (Å²) in [5.41, 5.74) is 4.11. The lowest BCUT2D eigenvalue weighted by Gasteiger charge is -2.27. The second kappa shape index (κ2) is 13.2. The number of morpholine rings is 1. The maximum atomic E-state index is 6.03. The van der Waals surface area contributed by atoms with Crippen molar-refractivity contribution < 1.29 is 18.9 Å². The van der Waals surface area contributed by atoms with Gasteiger partial charge in [-0.3, -0.25) is 0 Å². The highest BCUT2D eigenvalue weighted by atomic mass is 16.5. The number of ether oxygens (including phenoxy) is 4. The molecule has 0 amide bonds. The lowest BCUT2D eigenvalue weighted by Crippen LogP contribution is -2.37. The number of aromatic nitrogens is 4. The molecule has 1 fully saturated rings. The third-order valence-corrected chi connectivity index (χ3v) is 6.73. The van der Waals surface area contributed by atoms with Gasteiger partial charge < -0.3 is 34.1 Å². The van der Waals surface area contributed by atoms with Crippen molar-refractivity contribution in [3.63, 3.8) is 0 Å². The number of benzene rings is 3. The van der Waals surface area contributed by atoms with E-state index in [0.29, 0.717) is 62.7 Å². The van der Waals surface area contributed by atoms with Crippen LogP contribution in [0.15, 0.2) is 60.7 Å². The van der Waals surface area contributed by atoms with E-state index in [-0.39, 0.29) is 6.01 Å². The number of nitrogens with zero attached hydrogens (tertiary/aromatic N) is 4. The van der Waals surface area contributed by atoms with Gasteiger partial charge in [0.25, 0.3) is 0 Å². The van der Waals surface area contributed by atoms with Crippen molar-refractivity contribution in [2.45, 2.75) is 20.3 Å². The highest BCUT2D eigenvalue weighted by molar-refractivity contribution is 6.08. The van der Waals surface area contributed by atoms with Gasteiger partial charge in [-0.2, -0.15) is 15.0 Å². The molecule has 0 atom stereocenters. The lowest BCUT2D eigenvalue weighted by atomic mass is 10.1. The van der Waals surface area contributed by atoms with E-state index < -0.39 is 0 Å². The molecule has 3 heterocycles. The Balaban J connectivity index is 0.00000165. The summed E-state index contributed by atoms with van der Waals surface area (Å²) >= 11 is 0. The summed E-state index contributed by atoms with van der Waals surface area (Å²) in [4.78, 5) is 19.4. The van der Waals surface area contributed by atoms with Crippen molar-refractivity contribution in [2.24, 2.45) is 0 Å². The number of fused-ring (bicyclic) bond motifs is 3. The molecular weight excluding hydrogens is 520 g/mol. The van der Waals surface area contributed by atoms with Crippen LogP contribution in [0, 0.1) is 0 Å². The van der Waals surface area contributed by atoms with Gasteiger partial charge in [-0.15, -0.1) is 0 Å². The Bertz CT molecular complexity index is 1600. The molecule has 3 aromatic carbocycles. The molecule has 2 aromatic heterocycles. The molecule has 41 heavy (non-hydrogen) atoms. The largest absolute Gasteiger partial charge is 0.493 e. The van der Waals surface area contributed by atoms with Crippen LogP contribution in [0.25, 0.3) is 21.8 Å². The van der Waals surface area contributed by atoms with Crippen LogP contribution in [-0.4, -0.2) is 67.1 Å². The standard InChI is InChI=1S/C29H30N6O4.C2H6/c1-36-25-10-7-19(17-26(25)37-2)11-14-39-29-33-27(32-28(34-29)35-12-15-38-16-13-35)30-20-8-9-24-22(18-20)21-5-3-4-6-23(21)31-24;1-2/h3-10,17-18,31H,11-16H2,1-2H3,(H,30,32,33,34);1-2H3. The molecule has 2 N–H and O–H groups in total. The second-order valence-electron chi connectivity index (χ2n) is 9.18. The Hall–Kier alpha value is -4.57. The number of aromatic amines is 1. The molecule has 1 aliphatic heterocycles. The van der Waals surface area contributed by atoms with Crippen LogP contribution in [0.2, 0.25) is 0 Å². The van der Waals surface area contributed by atoms with Crippen molar-refractivity contribution in [3.05, 3.63) is 66.2 Å². The number of hydrogen-bond acceptors (Lipinski definition) is 9. The number of anilines is 3. The molecule has 0 aliphatic carbocycles. The minimum atomic E-state index is 0.266. The Labute approximate surface area is 239 Å². The molecule has 1 aliphatic rings. The molecule has 10 nitrogen and oxygen atoms in total. The highest BCUT2D eigenvalue weighted by Gasteiger charge is 2.18. The first-order chi connectivity index (χ1) is 20.2. The monoisotopic (exact) mass is 556 g/mol. The summed E-state index contributed by atoms with van der Waals surface area (Å²) in [5, 5.41) is 5.66. The zero-order chi connectivity index (χ0) is 28.6. The van der Waals surface area contributed by atoms with E-state index in [1.54, 1.807) is 14.2 Å². The summed E-state index contributed by atoms with van der Waals surface area (Å²) < 4.78 is 22.3. The third kappa shape index (κ3) is 6.44. The summed E-state index contributed by atoms with van der Waals surface area (Å²) in [6.07, 6.45) is 0.652. The van der Waals surface area contributed by atoms with Gasteiger partial charge in [-0.25, -0.2) is 0 Å². The number of H-pyrrole nitrogens is 1. The number of para-hydroxylation sites is 1. The van der Waals surface area contributed by atoms with Crippen LogP contribution in [0.4, 0.5) is 17.6 Å². The fourth-order valence-corrected chi connectivity index (χ4v) is 4.72. The predicted octanol–water partition coefficient (Wildman–Crippen LogP) is 5.75. The second-order valence-corrected chi connectivity index (χ2v) is 9.18. The lowest BCUT2D eigenvalue weighted by molar-refractivity contribution is 0.122. The van der Waals surface area contributed by atoms with E-state index in [0.717, 1.165) is 27.7 Å². The van der Waals surface area contributed by atoms with E-state index in [1.807, 2.05) is 50.2 Å². The van der Waals surface area contributed by atoms with Crippen LogP contribution in [0.1, 0.15) is 19.4 Å². The summed E-state index contributed by atoms with van der Waals surface area (Å²) in [6, 6.07) is 20.5. The Morgan fingerprint density at radius 3 is 2.44 bits per heavy atom. The molecule has 10 heteroatoms. The molecular formula is C31H36N6O4. The van der Waals surface area contributed by atoms with Crippen LogP contribution < -0.4 is 24.4 Å². The van der Waals surface area contributed by atoms with Crippen molar-refractivity contribution in [1.29, 1.82) is 0 Å². The van der Waals surface area contributed by atoms with Gasteiger partial charge in [0.1, 0.15) is 0 Å². The van der Waals surface area contributed by atoms with Crippen molar-refractivity contribution >= 4 is 39.4 Å². The van der Waals surface area contributed by atoms with E-state index in [1.165, 1.54) is 5.39 Å².